The predicted octanol–water partition coefficient (Wildman–Crippen LogP) is 4.94. The summed E-state index contributed by atoms with van der Waals surface area (Å²) in [5, 5.41) is 9.19. The van der Waals surface area contributed by atoms with Gasteiger partial charge >= 0.3 is 0 Å². The lowest BCUT2D eigenvalue weighted by atomic mass is 10.1. The van der Waals surface area contributed by atoms with Crippen molar-refractivity contribution in [2.45, 2.75) is 26.6 Å². The van der Waals surface area contributed by atoms with E-state index in [9.17, 15) is 4.39 Å². The summed E-state index contributed by atoms with van der Waals surface area (Å²) in [4.78, 5) is 4.57. The van der Waals surface area contributed by atoms with Crippen LogP contribution in [-0.2, 0) is 26.7 Å². The lowest BCUT2D eigenvalue weighted by molar-refractivity contribution is 0.291. The van der Waals surface area contributed by atoms with E-state index in [1.165, 1.54) is 12.1 Å². The van der Waals surface area contributed by atoms with Crippen molar-refractivity contribution in [2.24, 2.45) is 7.05 Å². The third kappa shape index (κ3) is 4.45. The van der Waals surface area contributed by atoms with E-state index in [1.807, 2.05) is 55.2 Å². The fourth-order valence-corrected chi connectivity index (χ4v) is 3.42. The predicted molar refractivity (Wildman–Crippen MR) is 116 cm³/mol. The molecule has 0 atom stereocenters. The zero-order valence-corrected chi connectivity index (χ0v) is 17.6. The van der Waals surface area contributed by atoms with Crippen LogP contribution < -0.4 is 10.1 Å². The Bertz CT molecular complexity index is 1190. The first kappa shape index (κ1) is 20.3. The molecule has 1 N–H and O–H groups in total. The highest BCUT2D eigenvalue weighted by molar-refractivity contribution is 6.31. The van der Waals surface area contributed by atoms with E-state index >= 15 is 0 Å². The van der Waals surface area contributed by atoms with Crippen LogP contribution in [-0.4, -0.2) is 14.8 Å². The minimum atomic E-state index is -0.329. The first-order valence-corrected chi connectivity index (χ1v) is 10.0. The number of aromatic nitrogens is 3. The number of aryl methyl sites for hydroxylation is 1. The summed E-state index contributed by atoms with van der Waals surface area (Å²) in [5.41, 5.74) is 4.56. The van der Waals surface area contributed by atoms with Crippen LogP contribution in [0, 0.1) is 12.7 Å². The van der Waals surface area contributed by atoms with E-state index in [2.05, 4.69) is 15.4 Å². The molecule has 0 aliphatic carbocycles. The number of pyridine rings is 1. The summed E-state index contributed by atoms with van der Waals surface area (Å²) in [6.07, 6.45) is 1.86. The zero-order chi connectivity index (χ0) is 21.1. The van der Waals surface area contributed by atoms with Gasteiger partial charge in [0.15, 0.2) is 0 Å². The average molecular weight is 425 g/mol. The molecule has 0 radical (unpaired) electrons. The molecule has 0 fully saturated rings. The molecule has 0 aliphatic heterocycles. The second kappa shape index (κ2) is 8.81. The van der Waals surface area contributed by atoms with Crippen molar-refractivity contribution in [1.29, 1.82) is 0 Å². The fourth-order valence-electron chi connectivity index (χ4n) is 3.23. The molecule has 154 valence electrons. The van der Waals surface area contributed by atoms with Crippen LogP contribution in [0.25, 0.3) is 10.9 Å². The molecule has 2 heterocycles. The number of nitrogens with one attached hydrogen (secondary N) is 1. The minimum Gasteiger partial charge on any atom is -0.472 e. The Hall–Kier alpha value is -2.96. The second-order valence-corrected chi connectivity index (χ2v) is 7.56. The smallest absolute Gasteiger partial charge is 0.218 e. The van der Waals surface area contributed by atoms with Crippen LogP contribution in [0.15, 0.2) is 54.7 Å². The Morgan fingerprint density at radius 2 is 1.87 bits per heavy atom. The number of ether oxygens (including phenoxy) is 1. The Balaban J connectivity index is 1.57. The second-order valence-electron chi connectivity index (χ2n) is 7.15. The molecule has 2 aromatic heterocycles. The van der Waals surface area contributed by atoms with Crippen molar-refractivity contribution >= 4 is 22.5 Å². The molecule has 2 aromatic carbocycles. The van der Waals surface area contributed by atoms with Crippen LogP contribution in [0.2, 0.25) is 5.02 Å². The molecule has 0 spiro atoms. The van der Waals surface area contributed by atoms with Crippen molar-refractivity contribution in [2.75, 3.05) is 0 Å². The van der Waals surface area contributed by atoms with Gasteiger partial charge in [0.25, 0.3) is 0 Å². The molecule has 4 rings (SSSR count). The molecule has 30 heavy (non-hydrogen) atoms. The Kier molecular flexibility index (Phi) is 5.97. The first-order chi connectivity index (χ1) is 14.5. The van der Waals surface area contributed by atoms with Gasteiger partial charge in [-0.25, -0.2) is 9.37 Å². The maximum atomic E-state index is 13.7. The number of hydrogen-bond acceptors (Lipinski definition) is 4. The molecule has 0 aliphatic rings. The van der Waals surface area contributed by atoms with Crippen LogP contribution in [0.1, 0.15) is 22.4 Å². The number of hydrogen-bond donors (Lipinski definition) is 1. The standard InChI is InChI=1S/C23H22ClFN4O/c1-15-19(13-27-29(15)2)12-26-11-18-9-16-7-8-20(25)10-22(16)28-23(18)30-14-17-5-3-4-6-21(17)24/h3-10,13,26H,11-12,14H2,1-2H3. The summed E-state index contributed by atoms with van der Waals surface area (Å²) in [6, 6.07) is 14.1. The zero-order valence-electron chi connectivity index (χ0n) is 16.8. The van der Waals surface area contributed by atoms with Gasteiger partial charge in [-0.3, -0.25) is 4.68 Å². The van der Waals surface area contributed by atoms with E-state index < -0.39 is 0 Å². The summed E-state index contributed by atoms with van der Waals surface area (Å²) in [6.45, 7) is 3.54. The number of halogens is 2. The maximum Gasteiger partial charge on any atom is 0.218 e. The number of rotatable bonds is 7. The van der Waals surface area contributed by atoms with Gasteiger partial charge in [0.2, 0.25) is 5.88 Å². The molecular weight excluding hydrogens is 403 g/mol. The SMILES string of the molecule is Cc1c(CNCc2cc3ccc(F)cc3nc2OCc2ccccc2Cl)cnn1C. The van der Waals surface area contributed by atoms with Crippen LogP contribution in [0.5, 0.6) is 5.88 Å². The Labute approximate surface area is 179 Å². The molecule has 0 saturated carbocycles. The van der Waals surface area contributed by atoms with Crippen molar-refractivity contribution in [3.05, 3.63) is 88.0 Å². The monoisotopic (exact) mass is 424 g/mol. The highest BCUT2D eigenvalue weighted by Crippen LogP contribution is 2.25. The van der Waals surface area contributed by atoms with Gasteiger partial charge in [-0.15, -0.1) is 0 Å². The van der Waals surface area contributed by atoms with Crippen molar-refractivity contribution in [1.82, 2.24) is 20.1 Å². The summed E-state index contributed by atoms with van der Waals surface area (Å²) in [7, 11) is 1.92. The maximum absolute atomic E-state index is 13.7. The lowest BCUT2D eigenvalue weighted by Crippen LogP contribution is -2.15. The molecule has 4 aromatic rings. The third-order valence-electron chi connectivity index (χ3n) is 5.11. The molecule has 0 saturated heterocycles. The summed E-state index contributed by atoms with van der Waals surface area (Å²) < 4.78 is 21.5. The Morgan fingerprint density at radius 3 is 2.63 bits per heavy atom. The number of nitrogens with zero attached hydrogens (tertiary/aromatic N) is 3. The Morgan fingerprint density at radius 1 is 1.07 bits per heavy atom. The van der Waals surface area contributed by atoms with Gasteiger partial charge in [0, 0.05) is 59.0 Å². The van der Waals surface area contributed by atoms with Crippen molar-refractivity contribution < 1.29 is 9.13 Å². The van der Waals surface area contributed by atoms with Gasteiger partial charge in [0.05, 0.1) is 11.7 Å². The first-order valence-electron chi connectivity index (χ1n) is 9.65. The summed E-state index contributed by atoms with van der Waals surface area (Å²) in [5.74, 6) is 0.133. The molecule has 0 amide bonds. The highest BCUT2D eigenvalue weighted by atomic mass is 35.5. The third-order valence-corrected chi connectivity index (χ3v) is 5.48. The number of fused-ring (bicyclic) bond motifs is 1. The largest absolute Gasteiger partial charge is 0.472 e. The normalized spacial score (nSPS) is 11.2. The topological polar surface area (TPSA) is 52.0 Å². The summed E-state index contributed by atoms with van der Waals surface area (Å²) >= 11 is 6.24. The van der Waals surface area contributed by atoms with Crippen molar-refractivity contribution in [3.63, 3.8) is 0 Å². The average Bonchev–Trinajstić information content (AvgIpc) is 3.05. The molecule has 0 unspecified atom stereocenters. The van der Waals surface area contributed by atoms with Gasteiger partial charge in [-0.1, -0.05) is 29.8 Å². The molecule has 5 nitrogen and oxygen atoms in total. The number of benzene rings is 2. The molecule has 7 heteroatoms. The minimum absolute atomic E-state index is 0.280. The fraction of sp³-hybridized carbons (Fsp3) is 0.217. The van der Waals surface area contributed by atoms with Crippen LogP contribution in [0.3, 0.4) is 0 Å². The highest BCUT2D eigenvalue weighted by Gasteiger charge is 2.11. The van der Waals surface area contributed by atoms with Crippen LogP contribution >= 0.6 is 11.6 Å². The molecular formula is C23H22ClFN4O. The van der Waals surface area contributed by atoms with E-state index in [1.54, 1.807) is 6.07 Å². The van der Waals surface area contributed by atoms with E-state index in [-0.39, 0.29) is 12.4 Å². The van der Waals surface area contributed by atoms with Gasteiger partial charge in [0.1, 0.15) is 12.4 Å². The van der Waals surface area contributed by atoms with E-state index in [0.29, 0.717) is 29.5 Å². The van der Waals surface area contributed by atoms with E-state index in [0.717, 1.165) is 27.8 Å². The van der Waals surface area contributed by atoms with Gasteiger partial charge in [-0.2, -0.15) is 5.10 Å². The van der Waals surface area contributed by atoms with Gasteiger partial charge in [-0.05, 0) is 31.2 Å². The molecule has 0 bridgehead atoms. The van der Waals surface area contributed by atoms with Crippen molar-refractivity contribution in [3.8, 4) is 5.88 Å². The van der Waals surface area contributed by atoms with Gasteiger partial charge < -0.3 is 10.1 Å². The quantitative estimate of drug-likeness (QED) is 0.456. The van der Waals surface area contributed by atoms with E-state index in [4.69, 9.17) is 16.3 Å². The van der Waals surface area contributed by atoms with Crippen LogP contribution in [0.4, 0.5) is 4.39 Å². The lowest BCUT2D eigenvalue weighted by Gasteiger charge is -2.13.